The van der Waals surface area contributed by atoms with E-state index in [-0.39, 0.29) is 0 Å². The topological polar surface area (TPSA) is 61.1 Å². The molecule has 27 heavy (non-hydrogen) atoms. The highest BCUT2D eigenvalue weighted by atomic mass is 35.5. The number of hydrogen-bond donors (Lipinski definition) is 2. The first kappa shape index (κ1) is 21.1. The molecule has 0 aromatic heterocycles. The van der Waals surface area contributed by atoms with Gasteiger partial charge in [-0.25, -0.2) is 0 Å². The summed E-state index contributed by atoms with van der Waals surface area (Å²) in [4.78, 5) is 13.6. The van der Waals surface area contributed by atoms with Crippen molar-refractivity contribution in [2.24, 2.45) is 15.0 Å². The van der Waals surface area contributed by atoms with Crippen LogP contribution in [0.2, 0.25) is 5.02 Å². The van der Waals surface area contributed by atoms with Crippen LogP contribution < -0.4 is 10.6 Å². The Morgan fingerprint density at radius 1 is 1.33 bits per heavy atom. The van der Waals surface area contributed by atoms with E-state index >= 15 is 0 Å². The molecule has 0 saturated heterocycles. The summed E-state index contributed by atoms with van der Waals surface area (Å²) in [6.45, 7) is 7.44. The lowest BCUT2D eigenvalue weighted by Gasteiger charge is -2.13. The molecular formula is C21H28ClN5. The van der Waals surface area contributed by atoms with Crippen LogP contribution in [0, 0.1) is 6.92 Å². The van der Waals surface area contributed by atoms with Crippen molar-refractivity contribution < 1.29 is 0 Å². The molecule has 1 aromatic carbocycles. The number of unbranched alkanes of at least 4 members (excludes halogenated alkanes) is 1. The molecule has 0 radical (unpaired) electrons. The first-order valence-corrected chi connectivity index (χ1v) is 9.56. The predicted octanol–water partition coefficient (Wildman–Crippen LogP) is 4.04. The molecule has 144 valence electrons. The lowest BCUT2D eigenvalue weighted by Crippen LogP contribution is -2.33. The largest absolute Gasteiger partial charge is 0.338 e. The van der Waals surface area contributed by atoms with Gasteiger partial charge in [-0.1, -0.05) is 36.4 Å². The average Bonchev–Trinajstić information content (AvgIpc) is 2.83. The van der Waals surface area contributed by atoms with Gasteiger partial charge in [-0.15, -0.1) is 0 Å². The monoisotopic (exact) mass is 385 g/mol. The molecule has 0 bridgehead atoms. The smallest absolute Gasteiger partial charge is 0.153 e. The van der Waals surface area contributed by atoms with Gasteiger partial charge in [0.2, 0.25) is 0 Å². The Hall–Kier alpha value is -2.24. The number of nitrogens with one attached hydrogen (secondary N) is 2. The highest BCUT2D eigenvalue weighted by molar-refractivity contribution is 6.69. The Morgan fingerprint density at radius 3 is 2.81 bits per heavy atom. The van der Waals surface area contributed by atoms with E-state index in [9.17, 15) is 0 Å². The normalized spacial score (nSPS) is 19.1. The zero-order valence-corrected chi connectivity index (χ0v) is 17.1. The van der Waals surface area contributed by atoms with E-state index in [0.29, 0.717) is 6.42 Å². The molecule has 6 heteroatoms. The standard InChI is InChI=1S/C21H28ClN5/c1-5-25-19-11-10-18(16-9-8-15(2)17(22)14-16)27-21(20(19)24-4)26-13-7-6-12-23-3/h5,8-10,14,23H,1,6-7,11-13H2,2-4H3,(H,26,27). The Bertz CT molecular complexity index is 790. The van der Waals surface area contributed by atoms with E-state index in [2.05, 4.69) is 39.3 Å². The summed E-state index contributed by atoms with van der Waals surface area (Å²) in [5.74, 6) is 0.739. The van der Waals surface area contributed by atoms with Gasteiger partial charge in [0.1, 0.15) is 5.71 Å². The second-order valence-corrected chi connectivity index (χ2v) is 6.69. The van der Waals surface area contributed by atoms with Crippen LogP contribution in [0.1, 0.15) is 30.4 Å². The van der Waals surface area contributed by atoms with Crippen LogP contribution >= 0.6 is 11.6 Å². The number of amidine groups is 1. The molecule has 2 rings (SSSR count). The van der Waals surface area contributed by atoms with Gasteiger partial charge in [0.15, 0.2) is 5.84 Å². The summed E-state index contributed by atoms with van der Waals surface area (Å²) in [5, 5.41) is 7.35. The molecule has 0 unspecified atom stereocenters. The summed E-state index contributed by atoms with van der Waals surface area (Å²) in [6.07, 6.45) is 6.37. The van der Waals surface area contributed by atoms with E-state index in [1.807, 2.05) is 26.1 Å². The molecule has 1 aliphatic rings. The highest BCUT2D eigenvalue weighted by Crippen LogP contribution is 2.22. The first-order chi connectivity index (χ1) is 13.1. The average molecular weight is 386 g/mol. The molecule has 0 spiro atoms. The number of allylic oxidation sites excluding steroid dienone is 1. The van der Waals surface area contributed by atoms with Crippen molar-refractivity contribution in [1.29, 1.82) is 0 Å². The summed E-state index contributed by atoms with van der Waals surface area (Å²) in [6, 6.07) is 6.05. The van der Waals surface area contributed by atoms with Crippen LogP contribution in [-0.4, -0.2) is 44.4 Å². The highest BCUT2D eigenvalue weighted by Gasteiger charge is 2.20. The van der Waals surface area contributed by atoms with Gasteiger partial charge in [-0.2, -0.15) is 0 Å². The molecule has 1 aliphatic heterocycles. The van der Waals surface area contributed by atoms with Crippen molar-refractivity contribution in [1.82, 2.24) is 10.6 Å². The molecule has 5 nitrogen and oxygen atoms in total. The SMILES string of the molecule is C=CN=C1CC=C(c2ccc(C)c(Cl)c2)NC(=NCCCCNC)C1=NC. The fourth-order valence-corrected chi connectivity index (χ4v) is 2.98. The maximum absolute atomic E-state index is 6.32. The van der Waals surface area contributed by atoms with E-state index < -0.39 is 0 Å². The van der Waals surface area contributed by atoms with Crippen molar-refractivity contribution in [3.63, 3.8) is 0 Å². The molecular weight excluding hydrogens is 358 g/mol. The number of halogens is 1. The van der Waals surface area contributed by atoms with Gasteiger partial charge in [0, 0.05) is 36.9 Å². The number of aryl methyl sites for hydroxylation is 1. The third kappa shape index (κ3) is 5.88. The van der Waals surface area contributed by atoms with Crippen molar-refractivity contribution >= 4 is 34.6 Å². The zero-order valence-electron chi connectivity index (χ0n) is 16.3. The molecule has 0 saturated carbocycles. The minimum atomic E-state index is 0.644. The lowest BCUT2D eigenvalue weighted by molar-refractivity contribution is 0.685. The van der Waals surface area contributed by atoms with Gasteiger partial charge < -0.3 is 10.6 Å². The Kier molecular flexibility index (Phi) is 8.43. The minimum absolute atomic E-state index is 0.644. The number of benzene rings is 1. The predicted molar refractivity (Wildman–Crippen MR) is 118 cm³/mol. The molecule has 1 aromatic rings. The van der Waals surface area contributed by atoms with Gasteiger partial charge in [0.05, 0.1) is 5.71 Å². The van der Waals surface area contributed by atoms with E-state index in [0.717, 1.165) is 65.0 Å². The molecule has 0 atom stereocenters. The van der Waals surface area contributed by atoms with Crippen LogP contribution in [0.15, 0.2) is 52.0 Å². The lowest BCUT2D eigenvalue weighted by atomic mass is 10.1. The number of aliphatic imine (C=N–C) groups is 3. The number of rotatable bonds is 7. The molecule has 0 aliphatic carbocycles. The van der Waals surface area contributed by atoms with E-state index in [1.54, 1.807) is 13.2 Å². The Morgan fingerprint density at radius 2 is 2.15 bits per heavy atom. The number of hydrogen-bond acceptors (Lipinski definition) is 4. The van der Waals surface area contributed by atoms with Gasteiger partial charge in [0.25, 0.3) is 0 Å². The third-order valence-corrected chi connectivity index (χ3v) is 4.72. The molecule has 0 fully saturated rings. The quantitative estimate of drug-likeness (QED) is 0.696. The van der Waals surface area contributed by atoms with Crippen LogP contribution in [0.4, 0.5) is 0 Å². The summed E-state index contributed by atoms with van der Waals surface area (Å²) < 4.78 is 0. The maximum atomic E-state index is 6.32. The molecule has 2 N–H and O–H groups in total. The second kappa shape index (κ2) is 10.8. The second-order valence-electron chi connectivity index (χ2n) is 6.28. The van der Waals surface area contributed by atoms with Crippen molar-refractivity contribution in [2.75, 3.05) is 27.2 Å². The Labute approximate surface area is 167 Å². The molecule has 1 heterocycles. The van der Waals surface area contributed by atoms with Gasteiger partial charge >= 0.3 is 0 Å². The fourth-order valence-electron chi connectivity index (χ4n) is 2.80. The summed E-state index contributed by atoms with van der Waals surface area (Å²) in [5.41, 5.74) is 4.65. The van der Waals surface area contributed by atoms with Crippen LogP contribution in [0.3, 0.4) is 0 Å². The zero-order chi connectivity index (χ0) is 19.6. The van der Waals surface area contributed by atoms with Crippen LogP contribution in [0.5, 0.6) is 0 Å². The number of nitrogens with zero attached hydrogens (tertiary/aromatic N) is 3. The van der Waals surface area contributed by atoms with Crippen LogP contribution in [0.25, 0.3) is 5.70 Å². The van der Waals surface area contributed by atoms with E-state index in [4.69, 9.17) is 16.6 Å². The third-order valence-electron chi connectivity index (χ3n) is 4.31. The first-order valence-electron chi connectivity index (χ1n) is 9.18. The molecule has 0 amide bonds. The van der Waals surface area contributed by atoms with Gasteiger partial charge in [-0.05, 0) is 50.6 Å². The Balaban J connectivity index is 2.34. The van der Waals surface area contributed by atoms with Crippen molar-refractivity contribution in [3.05, 3.63) is 53.2 Å². The van der Waals surface area contributed by atoms with Crippen LogP contribution in [-0.2, 0) is 0 Å². The van der Waals surface area contributed by atoms with E-state index in [1.165, 1.54) is 0 Å². The van der Waals surface area contributed by atoms with Gasteiger partial charge in [-0.3, -0.25) is 15.0 Å². The fraction of sp³-hybridized carbons (Fsp3) is 0.381. The van der Waals surface area contributed by atoms with Crippen molar-refractivity contribution in [3.8, 4) is 0 Å². The minimum Gasteiger partial charge on any atom is -0.338 e. The maximum Gasteiger partial charge on any atom is 0.153 e. The van der Waals surface area contributed by atoms with Crippen molar-refractivity contribution in [2.45, 2.75) is 26.2 Å². The summed E-state index contributed by atoms with van der Waals surface area (Å²) >= 11 is 6.32. The summed E-state index contributed by atoms with van der Waals surface area (Å²) in [7, 11) is 3.72.